The van der Waals surface area contributed by atoms with Gasteiger partial charge in [0.1, 0.15) is 22.5 Å². The number of nitrogens with zero attached hydrogens (tertiary/aromatic N) is 3. The maximum absolute atomic E-state index is 11.6. The highest BCUT2D eigenvalue weighted by Crippen LogP contribution is 2.30. The standard InChI is InChI=1S/C15H15N3O3S.2C2H6/c1-2-3-4-21-13(20)6-11-9-22-15(18-11)14-12(19)5-10(7-16)8-17-14;2*1-2/h5,8-9,19H,2-4,6H2,1H3;2*1-2H3. The summed E-state index contributed by atoms with van der Waals surface area (Å²) in [6.45, 7) is 10.4. The highest BCUT2D eigenvalue weighted by atomic mass is 32.1. The third-order valence-corrected chi connectivity index (χ3v) is 3.74. The molecule has 0 fully saturated rings. The molecule has 0 saturated carbocycles. The van der Waals surface area contributed by atoms with Crippen LogP contribution in [0.5, 0.6) is 5.75 Å². The highest BCUT2D eigenvalue weighted by molar-refractivity contribution is 7.13. The minimum Gasteiger partial charge on any atom is -0.506 e. The van der Waals surface area contributed by atoms with Crippen molar-refractivity contribution in [1.29, 1.82) is 5.26 Å². The van der Waals surface area contributed by atoms with Gasteiger partial charge >= 0.3 is 5.97 Å². The molecule has 0 spiro atoms. The highest BCUT2D eigenvalue weighted by Gasteiger charge is 2.14. The van der Waals surface area contributed by atoms with Crippen LogP contribution in [0, 0.1) is 11.3 Å². The van der Waals surface area contributed by atoms with E-state index >= 15 is 0 Å². The van der Waals surface area contributed by atoms with Gasteiger partial charge in [0.2, 0.25) is 0 Å². The van der Waals surface area contributed by atoms with Crippen LogP contribution in [-0.2, 0) is 16.0 Å². The first-order valence-electron chi connectivity index (χ1n) is 8.83. The van der Waals surface area contributed by atoms with Gasteiger partial charge in [-0.3, -0.25) is 4.79 Å². The molecule has 2 aromatic heterocycles. The van der Waals surface area contributed by atoms with E-state index in [2.05, 4.69) is 9.97 Å². The van der Waals surface area contributed by atoms with E-state index in [1.807, 2.05) is 40.7 Å². The fourth-order valence-electron chi connectivity index (χ4n) is 1.71. The molecule has 0 aliphatic rings. The summed E-state index contributed by atoms with van der Waals surface area (Å²) >= 11 is 1.28. The molecular formula is C19H27N3O3S. The van der Waals surface area contributed by atoms with Crippen molar-refractivity contribution in [2.24, 2.45) is 0 Å². The van der Waals surface area contributed by atoms with Gasteiger partial charge in [-0.15, -0.1) is 11.3 Å². The molecule has 142 valence electrons. The molecule has 2 heterocycles. The van der Waals surface area contributed by atoms with Crippen LogP contribution in [0.25, 0.3) is 10.7 Å². The number of aromatic hydroxyl groups is 1. The van der Waals surface area contributed by atoms with E-state index in [-0.39, 0.29) is 23.7 Å². The summed E-state index contributed by atoms with van der Waals surface area (Å²) in [5.74, 6) is -0.423. The number of esters is 1. The third kappa shape index (κ3) is 7.62. The lowest BCUT2D eigenvalue weighted by atomic mass is 10.2. The first-order chi connectivity index (χ1) is 12.6. The molecule has 0 unspecified atom stereocenters. The minimum atomic E-state index is -0.317. The van der Waals surface area contributed by atoms with Crippen LogP contribution in [0.2, 0.25) is 0 Å². The third-order valence-electron chi connectivity index (χ3n) is 2.84. The molecule has 0 amide bonds. The van der Waals surface area contributed by atoms with Gasteiger partial charge in [0.15, 0.2) is 0 Å². The largest absolute Gasteiger partial charge is 0.506 e. The second-order valence-corrected chi connectivity index (χ2v) is 5.46. The number of carbonyl (C=O) groups excluding carboxylic acids is 1. The van der Waals surface area contributed by atoms with Gasteiger partial charge in [-0.2, -0.15) is 5.26 Å². The lowest BCUT2D eigenvalue weighted by Crippen LogP contribution is -2.09. The maximum atomic E-state index is 11.6. The van der Waals surface area contributed by atoms with Crippen molar-refractivity contribution in [2.45, 2.75) is 53.9 Å². The smallest absolute Gasteiger partial charge is 0.311 e. The molecule has 6 nitrogen and oxygen atoms in total. The number of thiazole rings is 1. The molecule has 0 radical (unpaired) electrons. The minimum absolute atomic E-state index is 0.0945. The number of hydrogen-bond acceptors (Lipinski definition) is 7. The zero-order chi connectivity index (χ0) is 19.9. The molecule has 0 saturated heterocycles. The Kier molecular flexibility index (Phi) is 12.5. The van der Waals surface area contributed by atoms with E-state index in [9.17, 15) is 9.90 Å². The van der Waals surface area contributed by atoms with Crippen molar-refractivity contribution in [2.75, 3.05) is 6.61 Å². The predicted molar refractivity (Wildman–Crippen MR) is 104 cm³/mol. The summed E-state index contributed by atoms with van der Waals surface area (Å²) < 4.78 is 5.08. The number of nitriles is 1. The number of carbonyl (C=O) groups is 1. The van der Waals surface area contributed by atoms with Gasteiger partial charge in [0.25, 0.3) is 0 Å². The van der Waals surface area contributed by atoms with Crippen LogP contribution < -0.4 is 0 Å². The number of hydrogen-bond donors (Lipinski definition) is 1. The summed E-state index contributed by atoms with van der Waals surface area (Å²) in [5, 5.41) is 20.9. The Morgan fingerprint density at radius 3 is 2.62 bits per heavy atom. The molecule has 0 aliphatic heterocycles. The summed E-state index contributed by atoms with van der Waals surface area (Å²) in [6.07, 6.45) is 3.28. The molecule has 1 N–H and O–H groups in total. The number of ether oxygens (including phenoxy) is 1. The van der Waals surface area contributed by atoms with Gasteiger partial charge in [0.05, 0.1) is 24.3 Å². The van der Waals surface area contributed by atoms with Gasteiger partial charge in [-0.1, -0.05) is 41.0 Å². The average molecular weight is 378 g/mol. The Bertz CT molecular complexity index is 708. The van der Waals surface area contributed by atoms with Crippen molar-refractivity contribution in [1.82, 2.24) is 9.97 Å². The Labute approximate surface area is 159 Å². The lowest BCUT2D eigenvalue weighted by Gasteiger charge is -2.02. The Morgan fingerprint density at radius 2 is 2.04 bits per heavy atom. The Balaban J connectivity index is 0.00000146. The molecule has 0 atom stereocenters. The average Bonchev–Trinajstić information content (AvgIpc) is 3.13. The lowest BCUT2D eigenvalue weighted by molar-refractivity contribution is -0.142. The molecule has 7 heteroatoms. The molecule has 2 aromatic rings. The second kappa shape index (κ2) is 13.8. The van der Waals surface area contributed by atoms with Crippen LogP contribution in [-0.4, -0.2) is 27.7 Å². The van der Waals surface area contributed by atoms with Gasteiger partial charge in [-0.25, -0.2) is 9.97 Å². The molecule has 0 aliphatic carbocycles. The normalized spacial score (nSPS) is 9.08. The summed E-state index contributed by atoms with van der Waals surface area (Å²) in [5.41, 5.74) is 1.15. The Morgan fingerprint density at radius 1 is 1.35 bits per heavy atom. The first kappa shape index (κ1) is 23.5. The summed E-state index contributed by atoms with van der Waals surface area (Å²) in [4.78, 5) is 19.9. The zero-order valence-electron chi connectivity index (χ0n) is 16.1. The van der Waals surface area contributed by atoms with Gasteiger partial charge in [-0.05, 0) is 6.42 Å². The predicted octanol–water partition coefficient (Wildman–Crippen LogP) is 4.72. The van der Waals surface area contributed by atoms with Gasteiger partial charge < -0.3 is 9.84 Å². The van der Waals surface area contributed by atoms with E-state index in [1.165, 1.54) is 23.6 Å². The van der Waals surface area contributed by atoms with E-state index in [4.69, 9.17) is 10.00 Å². The number of rotatable bonds is 6. The van der Waals surface area contributed by atoms with E-state index in [0.717, 1.165) is 12.8 Å². The zero-order valence-corrected chi connectivity index (χ0v) is 16.9. The fraction of sp³-hybridized carbons (Fsp3) is 0.474. The van der Waals surface area contributed by atoms with Crippen molar-refractivity contribution in [3.05, 3.63) is 28.9 Å². The fourth-order valence-corrected chi connectivity index (χ4v) is 2.53. The van der Waals surface area contributed by atoms with Crippen LogP contribution in [0.15, 0.2) is 17.6 Å². The topological polar surface area (TPSA) is 96.1 Å². The van der Waals surface area contributed by atoms with Gasteiger partial charge in [0, 0.05) is 17.6 Å². The number of pyridine rings is 1. The van der Waals surface area contributed by atoms with Crippen molar-refractivity contribution in [3.8, 4) is 22.5 Å². The van der Waals surface area contributed by atoms with E-state index < -0.39 is 0 Å². The molecule has 0 aromatic carbocycles. The van der Waals surface area contributed by atoms with Crippen molar-refractivity contribution in [3.63, 3.8) is 0 Å². The summed E-state index contributed by atoms with van der Waals surface area (Å²) in [7, 11) is 0. The number of unbranched alkanes of at least 4 members (excludes halogenated alkanes) is 1. The van der Waals surface area contributed by atoms with Crippen molar-refractivity contribution < 1.29 is 14.6 Å². The molecule has 26 heavy (non-hydrogen) atoms. The molecule has 2 rings (SSSR count). The van der Waals surface area contributed by atoms with E-state index in [0.29, 0.717) is 23.0 Å². The monoisotopic (exact) mass is 377 g/mol. The Hall–Kier alpha value is -2.46. The SMILES string of the molecule is CC.CC.CCCCOC(=O)Cc1csc(-c2ncc(C#N)cc2O)n1. The van der Waals surface area contributed by atoms with Crippen LogP contribution >= 0.6 is 11.3 Å². The van der Waals surface area contributed by atoms with E-state index in [1.54, 1.807) is 5.38 Å². The van der Waals surface area contributed by atoms with Crippen LogP contribution in [0.1, 0.15) is 58.7 Å². The second-order valence-electron chi connectivity index (χ2n) is 4.60. The molecular weight excluding hydrogens is 350 g/mol. The summed E-state index contributed by atoms with van der Waals surface area (Å²) in [6, 6.07) is 3.24. The van der Waals surface area contributed by atoms with Crippen LogP contribution in [0.3, 0.4) is 0 Å². The number of aromatic nitrogens is 2. The molecule has 0 bridgehead atoms. The first-order valence-corrected chi connectivity index (χ1v) is 9.71. The van der Waals surface area contributed by atoms with Crippen LogP contribution in [0.4, 0.5) is 0 Å². The quantitative estimate of drug-likeness (QED) is 0.578. The maximum Gasteiger partial charge on any atom is 0.311 e. The van der Waals surface area contributed by atoms with Crippen molar-refractivity contribution >= 4 is 17.3 Å².